The Hall–Kier alpha value is -2.15. The zero-order chi connectivity index (χ0) is 19.8. The number of hydrogen-bond donors (Lipinski definition) is 2. The SMILES string of the molecule is O=CC1(CNc2cc(C(F)(F)F)cc3c2Nc2ccccc2S3)CCCCC1. The Kier molecular flexibility index (Phi) is 5.04. The number of carbonyl (C=O) groups excluding carboxylic acids is 1. The van der Waals surface area contributed by atoms with E-state index in [9.17, 15) is 18.0 Å². The maximum absolute atomic E-state index is 13.5. The highest BCUT2D eigenvalue weighted by atomic mass is 32.2. The second-order valence-corrected chi connectivity index (χ2v) is 8.60. The van der Waals surface area contributed by atoms with Crippen LogP contribution in [0.15, 0.2) is 46.2 Å². The van der Waals surface area contributed by atoms with Crippen molar-refractivity contribution in [3.63, 3.8) is 0 Å². The first-order chi connectivity index (χ1) is 13.4. The van der Waals surface area contributed by atoms with Gasteiger partial charge < -0.3 is 15.4 Å². The molecule has 0 aromatic heterocycles. The number of hydrogen-bond acceptors (Lipinski definition) is 4. The number of halogens is 3. The highest BCUT2D eigenvalue weighted by molar-refractivity contribution is 7.99. The molecule has 1 aliphatic heterocycles. The number of benzene rings is 2. The molecule has 7 heteroatoms. The summed E-state index contributed by atoms with van der Waals surface area (Å²) in [7, 11) is 0. The predicted molar refractivity (Wildman–Crippen MR) is 105 cm³/mol. The lowest BCUT2D eigenvalue weighted by atomic mass is 9.75. The lowest BCUT2D eigenvalue weighted by Gasteiger charge is -2.33. The van der Waals surface area contributed by atoms with Crippen molar-refractivity contribution in [2.45, 2.75) is 48.1 Å². The first kappa shape index (κ1) is 19.2. The Morgan fingerprint density at radius 2 is 1.86 bits per heavy atom. The molecule has 2 aromatic rings. The van der Waals surface area contributed by atoms with Crippen LogP contribution in [0.25, 0.3) is 0 Å². The largest absolute Gasteiger partial charge is 0.416 e. The third-order valence-corrected chi connectivity index (χ3v) is 6.64. The smallest absolute Gasteiger partial charge is 0.382 e. The summed E-state index contributed by atoms with van der Waals surface area (Å²) in [5.41, 5.74) is 0.697. The fourth-order valence-electron chi connectivity index (χ4n) is 3.90. The molecule has 3 nitrogen and oxygen atoms in total. The Balaban J connectivity index is 1.69. The third-order valence-electron chi connectivity index (χ3n) is 5.53. The van der Waals surface area contributed by atoms with Gasteiger partial charge in [-0.05, 0) is 37.1 Å². The van der Waals surface area contributed by atoms with Crippen LogP contribution in [0.3, 0.4) is 0 Å². The van der Waals surface area contributed by atoms with E-state index in [1.165, 1.54) is 17.8 Å². The molecule has 0 saturated heterocycles. The van der Waals surface area contributed by atoms with E-state index in [0.29, 0.717) is 22.8 Å². The molecule has 2 aromatic carbocycles. The van der Waals surface area contributed by atoms with Gasteiger partial charge in [-0.1, -0.05) is 43.2 Å². The van der Waals surface area contributed by atoms with Crippen LogP contribution in [0.4, 0.5) is 30.2 Å². The van der Waals surface area contributed by atoms with E-state index in [-0.39, 0.29) is 0 Å². The molecule has 1 fully saturated rings. The van der Waals surface area contributed by atoms with E-state index in [0.717, 1.165) is 55.0 Å². The van der Waals surface area contributed by atoms with Crippen molar-refractivity contribution >= 4 is 35.1 Å². The monoisotopic (exact) mass is 406 g/mol. The van der Waals surface area contributed by atoms with Gasteiger partial charge >= 0.3 is 6.18 Å². The molecule has 28 heavy (non-hydrogen) atoms. The number of fused-ring (bicyclic) bond motifs is 2. The highest BCUT2D eigenvalue weighted by Gasteiger charge is 2.35. The van der Waals surface area contributed by atoms with Gasteiger partial charge in [-0.2, -0.15) is 13.2 Å². The minimum atomic E-state index is -4.43. The van der Waals surface area contributed by atoms with Crippen LogP contribution in [-0.4, -0.2) is 12.8 Å². The number of carbonyl (C=O) groups is 1. The van der Waals surface area contributed by atoms with Crippen molar-refractivity contribution in [3.05, 3.63) is 42.0 Å². The molecule has 1 heterocycles. The Bertz CT molecular complexity index is 892. The van der Waals surface area contributed by atoms with Gasteiger partial charge in [-0.15, -0.1) is 0 Å². The summed E-state index contributed by atoms with van der Waals surface area (Å²) in [6.45, 7) is 0.345. The summed E-state index contributed by atoms with van der Waals surface area (Å²) < 4.78 is 40.4. The van der Waals surface area contributed by atoms with E-state index >= 15 is 0 Å². The molecule has 0 amide bonds. The van der Waals surface area contributed by atoms with Crippen LogP contribution < -0.4 is 10.6 Å². The molecule has 0 spiro atoms. The van der Waals surface area contributed by atoms with Crippen molar-refractivity contribution < 1.29 is 18.0 Å². The van der Waals surface area contributed by atoms with Gasteiger partial charge in [0.15, 0.2) is 0 Å². The normalized spacial score (nSPS) is 17.8. The summed E-state index contributed by atoms with van der Waals surface area (Å²) in [5, 5.41) is 6.44. The standard InChI is InChI=1S/C21H21F3N2OS/c22-21(23,24)14-10-16(25-12-20(13-27)8-4-1-5-9-20)19-18(11-14)28-17-7-3-2-6-15(17)26-19/h2-3,6-7,10-11,13,25-26H,1,4-5,8-9,12H2. The van der Waals surface area contributed by atoms with Crippen LogP contribution >= 0.6 is 11.8 Å². The van der Waals surface area contributed by atoms with Gasteiger partial charge in [-0.3, -0.25) is 0 Å². The number of nitrogens with one attached hydrogen (secondary N) is 2. The summed E-state index contributed by atoms with van der Waals surface area (Å²) in [6, 6.07) is 9.86. The minimum absolute atomic E-state index is 0.345. The zero-order valence-corrected chi connectivity index (χ0v) is 16.1. The molecule has 0 atom stereocenters. The van der Waals surface area contributed by atoms with E-state index < -0.39 is 17.2 Å². The second kappa shape index (κ2) is 7.35. The fourth-order valence-corrected chi connectivity index (χ4v) is 4.96. The first-order valence-corrected chi connectivity index (χ1v) is 10.2. The van der Waals surface area contributed by atoms with Crippen molar-refractivity contribution in [1.82, 2.24) is 0 Å². The number of aldehydes is 1. The first-order valence-electron chi connectivity index (χ1n) is 9.40. The van der Waals surface area contributed by atoms with Crippen molar-refractivity contribution in [2.75, 3.05) is 17.2 Å². The molecule has 0 radical (unpaired) electrons. The quantitative estimate of drug-likeness (QED) is 0.487. The van der Waals surface area contributed by atoms with E-state index in [2.05, 4.69) is 10.6 Å². The molecule has 2 N–H and O–H groups in total. The Morgan fingerprint density at radius 3 is 2.57 bits per heavy atom. The van der Waals surface area contributed by atoms with Gasteiger partial charge in [0.25, 0.3) is 0 Å². The van der Waals surface area contributed by atoms with Crippen LogP contribution in [0.2, 0.25) is 0 Å². The number of anilines is 3. The Morgan fingerprint density at radius 1 is 1.11 bits per heavy atom. The van der Waals surface area contributed by atoms with Gasteiger partial charge in [0.1, 0.15) is 6.29 Å². The maximum atomic E-state index is 13.5. The van der Waals surface area contributed by atoms with Crippen molar-refractivity contribution in [3.8, 4) is 0 Å². The topological polar surface area (TPSA) is 41.1 Å². The molecule has 1 aliphatic carbocycles. The van der Waals surface area contributed by atoms with E-state index in [1.807, 2.05) is 24.3 Å². The van der Waals surface area contributed by atoms with Crippen LogP contribution in [0, 0.1) is 5.41 Å². The summed E-state index contributed by atoms with van der Waals surface area (Å²) in [6.07, 6.45) is 1.15. The predicted octanol–water partition coefficient (Wildman–Crippen LogP) is 6.47. The Labute approximate surface area is 166 Å². The average Bonchev–Trinajstić information content (AvgIpc) is 2.70. The average molecular weight is 406 g/mol. The molecule has 148 valence electrons. The second-order valence-electron chi connectivity index (χ2n) is 7.51. The summed E-state index contributed by atoms with van der Waals surface area (Å²) in [4.78, 5) is 13.2. The van der Waals surface area contributed by atoms with E-state index in [4.69, 9.17) is 0 Å². The van der Waals surface area contributed by atoms with E-state index in [1.54, 1.807) is 0 Å². The molecular formula is C21H21F3N2OS. The lowest BCUT2D eigenvalue weighted by molar-refractivity contribution is -0.137. The number of alkyl halides is 3. The molecule has 0 bridgehead atoms. The zero-order valence-electron chi connectivity index (χ0n) is 15.2. The van der Waals surface area contributed by atoms with Crippen molar-refractivity contribution in [2.24, 2.45) is 5.41 Å². The number of para-hydroxylation sites is 1. The van der Waals surface area contributed by atoms with Crippen molar-refractivity contribution in [1.29, 1.82) is 0 Å². The van der Waals surface area contributed by atoms with Gasteiger partial charge in [0.2, 0.25) is 0 Å². The summed E-state index contributed by atoms with van der Waals surface area (Å²) >= 11 is 1.32. The van der Waals surface area contributed by atoms with Crippen LogP contribution in [-0.2, 0) is 11.0 Å². The van der Waals surface area contributed by atoms with Gasteiger partial charge in [0, 0.05) is 21.8 Å². The van der Waals surface area contributed by atoms with Gasteiger partial charge in [-0.25, -0.2) is 0 Å². The lowest BCUT2D eigenvalue weighted by Crippen LogP contribution is -2.33. The van der Waals surface area contributed by atoms with Crippen LogP contribution in [0.1, 0.15) is 37.7 Å². The minimum Gasteiger partial charge on any atom is -0.382 e. The summed E-state index contributed by atoms with van der Waals surface area (Å²) in [5.74, 6) is 0. The molecule has 2 aliphatic rings. The highest BCUT2D eigenvalue weighted by Crippen LogP contribution is 2.49. The van der Waals surface area contributed by atoms with Crippen LogP contribution in [0.5, 0.6) is 0 Å². The molecular weight excluding hydrogens is 385 g/mol. The molecule has 4 rings (SSSR count). The number of rotatable bonds is 4. The van der Waals surface area contributed by atoms with Gasteiger partial charge in [0.05, 0.1) is 22.6 Å². The third kappa shape index (κ3) is 3.72. The maximum Gasteiger partial charge on any atom is 0.416 e. The molecule has 1 saturated carbocycles. The molecule has 0 unspecified atom stereocenters. The fraction of sp³-hybridized carbons (Fsp3) is 0.381.